The third kappa shape index (κ3) is 4.82. The molecule has 5 heteroatoms. The Morgan fingerprint density at radius 1 is 1.26 bits per heavy atom. The molecule has 1 aliphatic rings. The molecule has 1 heterocycles. The van der Waals surface area contributed by atoms with Gasteiger partial charge in [-0.2, -0.15) is 0 Å². The van der Waals surface area contributed by atoms with Crippen LogP contribution in [-0.2, 0) is 9.59 Å². The van der Waals surface area contributed by atoms with Crippen LogP contribution in [-0.4, -0.2) is 41.9 Å². The van der Waals surface area contributed by atoms with E-state index in [9.17, 15) is 9.59 Å². The number of hydrogen-bond acceptors (Lipinski definition) is 3. The van der Waals surface area contributed by atoms with Gasteiger partial charge in [0, 0.05) is 25.6 Å². The zero-order valence-electron chi connectivity index (χ0n) is 12.5. The number of rotatable bonds is 4. The van der Waals surface area contributed by atoms with Gasteiger partial charge in [-0.15, -0.1) is 0 Å². The van der Waals surface area contributed by atoms with Gasteiger partial charge in [-0.05, 0) is 25.2 Å². The fraction of sp³-hybridized carbons (Fsp3) is 0.857. The summed E-state index contributed by atoms with van der Waals surface area (Å²) in [6.07, 6.45) is 2.36. The molecular formula is C14H27N3O2. The zero-order valence-corrected chi connectivity index (χ0v) is 12.5. The SMILES string of the molecule is CC(NC(=O)CC(N)C(C)(C)C)C(=O)N1CCCC1. The first-order chi connectivity index (χ1) is 8.71. The monoisotopic (exact) mass is 269 g/mol. The molecule has 110 valence electrons. The first kappa shape index (κ1) is 16.0. The molecule has 0 radical (unpaired) electrons. The molecule has 2 unspecified atom stereocenters. The zero-order chi connectivity index (χ0) is 14.6. The lowest BCUT2D eigenvalue weighted by molar-refractivity contribution is -0.135. The van der Waals surface area contributed by atoms with Crippen LogP contribution in [0.25, 0.3) is 0 Å². The molecule has 0 saturated carbocycles. The normalized spacial score (nSPS) is 19.1. The number of carbonyl (C=O) groups excluding carboxylic acids is 2. The van der Waals surface area contributed by atoms with Crippen molar-refractivity contribution in [2.75, 3.05) is 13.1 Å². The van der Waals surface area contributed by atoms with Gasteiger partial charge in [0.25, 0.3) is 0 Å². The van der Waals surface area contributed by atoms with Crippen molar-refractivity contribution >= 4 is 11.8 Å². The van der Waals surface area contributed by atoms with Gasteiger partial charge in [0.1, 0.15) is 6.04 Å². The number of nitrogens with zero attached hydrogens (tertiary/aromatic N) is 1. The number of nitrogens with two attached hydrogens (primary N) is 1. The average Bonchev–Trinajstić information content (AvgIpc) is 2.79. The summed E-state index contributed by atoms with van der Waals surface area (Å²) in [6.45, 7) is 9.36. The summed E-state index contributed by atoms with van der Waals surface area (Å²) in [5.74, 6) is -0.141. The predicted molar refractivity (Wildman–Crippen MR) is 75.5 cm³/mol. The van der Waals surface area contributed by atoms with Crippen molar-refractivity contribution in [3.05, 3.63) is 0 Å². The molecule has 1 saturated heterocycles. The molecule has 0 aliphatic carbocycles. The molecule has 1 fully saturated rings. The summed E-state index contributed by atoms with van der Waals surface area (Å²) < 4.78 is 0. The predicted octanol–water partition coefficient (Wildman–Crippen LogP) is 0.877. The molecule has 1 aliphatic heterocycles. The Labute approximate surface area is 115 Å². The molecule has 0 bridgehead atoms. The van der Waals surface area contributed by atoms with Crippen molar-refractivity contribution in [1.29, 1.82) is 0 Å². The Morgan fingerprint density at radius 3 is 2.26 bits per heavy atom. The van der Waals surface area contributed by atoms with Gasteiger partial charge in [-0.25, -0.2) is 0 Å². The summed E-state index contributed by atoms with van der Waals surface area (Å²) in [4.78, 5) is 25.7. The highest BCUT2D eigenvalue weighted by atomic mass is 16.2. The maximum Gasteiger partial charge on any atom is 0.244 e. The quantitative estimate of drug-likeness (QED) is 0.795. The standard InChI is InChI=1S/C14H27N3O2/c1-10(13(19)17-7-5-6-8-17)16-12(18)9-11(15)14(2,3)4/h10-11H,5-9,15H2,1-4H3,(H,16,18). The molecule has 5 nitrogen and oxygen atoms in total. The van der Waals surface area contributed by atoms with E-state index in [1.54, 1.807) is 6.92 Å². The lowest BCUT2D eigenvalue weighted by atomic mass is 9.85. The van der Waals surface area contributed by atoms with Gasteiger partial charge >= 0.3 is 0 Å². The second-order valence-corrected chi connectivity index (χ2v) is 6.50. The van der Waals surface area contributed by atoms with Gasteiger partial charge < -0.3 is 16.0 Å². The Balaban J connectivity index is 2.41. The minimum Gasteiger partial charge on any atom is -0.345 e. The first-order valence-electron chi connectivity index (χ1n) is 7.05. The molecule has 2 atom stereocenters. The van der Waals surface area contributed by atoms with Crippen molar-refractivity contribution < 1.29 is 9.59 Å². The fourth-order valence-electron chi connectivity index (χ4n) is 2.08. The molecule has 0 aromatic heterocycles. The second-order valence-electron chi connectivity index (χ2n) is 6.50. The van der Waals surface area contributed by atoms with Crippen LogP contribution in [0.3, 0.4) is 0 Å². The minimum absolute atomic E-state index is 0.00943. The molecule has 0 spiro atoms. The lowest BCUT2D eigenvalue weighted by Gasteiger charge is -2.27. The van der Waals surface area contributed by atoms with Gasteiger partial charge in [0.15, 0.2) is 0 Å². The number of likely N-dealkylation sites (tertiary alicyclic amines) is 1. The maximum absolute atomic E-state index is 12.0. The molecule has 2 amide bonds. The third-order valence-corrected chi connectivity index (χ3v) is 3.68. The topological polar surface area (TPSA) is 75.4 Å². The molecule has 19 heavy (non-hydrogen) atoms. The van der Waals surface area contributed by atoms with Gasteiger partial charge in [0.05, 0.1) is 0 Å². The van der Waals surface area contributed by atoms with E-state index >= 15 is 0 Å². The van der Waals surface area contributed by atoms with E-state index in [1.165, 1.54) is 0 Å². The maximum atomic E-state index is 12.0. The summed E-state index contributed by atoms with van der Waals surface area (Å²) in [5, 5.41) is 2.75. The fourth-order valence-corrected chi connectivity index (χ4v) is 2.08. The van der Waals surface area contributed by atoms with Crippen molar-refractivity contribution in [2.24, 2.45) is 11.1 Å². The van der Waals surface area contributed by atoms with E-state index in [-0.39, 0.29) is 29.7 Å². The van der Waals surface area contributed by atoms with E-state index in [0.29, 0.717) is 0 Å². The lowest BCUT2D eigenvalue weighted by Crippen LogP contribution is -2.48. The van der Waals surface area contributed by atoms with Crippen molar-refractivity contribution in [3.8, 4) is 0 Å². The van der Waals surface area contributed by atoms with E-state index in [0.717, 1.165) is 25.9 Å². The average molecular weight is 269 g/mol. The molecular weight excluding hydrogens is 242 g/mol. The Morgan fingerprint density at radius 2 is 1.79 bits per heavy atom. The van der Waals surface area contributed by atoms with Gasteiger partial charge in [0.2, 0.25) is 11.8 Å². The van der Waals surface area contributed by atoms with Crippen LogP contribution in [0, 0.1) is 5.41 Å². The van der Waals surface area contributed by atoms with Crippen LogP contribution in [0.1, 0.15) is 47.0 Å². The second kappa shape index (κ2) is 6.37. The molecule has 1 rings (SSSR count). The smallest absolute Gasteiger partial charge is 0.244 e. The Kier molecular flexibility index (Phi) is 5.35. The van der Waals surface area contributed by atoms with E-state index < -0.39 is 6.04 Å². The van der Waals surface area contributed by atoms with Crippen LogP contribution in [0.2, 0.25) is 0 Å². The molecule has 3 N–H and O–H groups in total. The summed E-state index contributed by atoms with van der Waals surface area (Å²) in [7, 11) is 0. The number of carbonyl (C=O) groups is 2. The number of nitrogens with one attached hydrogen (secondary N) is 1. The summed E-state index contributed by atoms with van der Waals surface area (Å²) >= 11 is 0. The van der Waals surface area contributed by atoms with E-state index in [4.69, 9.17) is 5.73 Å². The highest BCUT2D eigenvalue weighted by Crippen LogP contribution is 2.19. The largest absolute Gasteiger partial charge is 0.345 e. The van der Waals surface area contributed by atoms with Crippen LogP contribution >= 0.6 is 0 Å². The Bertz CT molecular complexity index is 330. The van der Waals surface area contributed by atoms with E-state index in [2.05, 4.69) is 5.32 Å². The Hall–Kier alpha value is -1.10. The third-order valence-electron chi connectivity index (χ3n) is 3.68. The minimum atomic E-state index is -0.460. The highest BCUT2D eigenvalue weighted by molar-refractivity contribution is 5.87. The van der Waals surface area contributed by atoms with Crippen molar-refractivity contribution in [3.63, 3.8) is 0 Å². The highest BCUT2D eigenvalue weighted by Gasteiger charge is 2.27. The molecule has 0 aromatic rings. The van der Waals surface area contributed by atoms with Crippen LogP contribution in [0.5, 0.6) is 0 Å². The summed E-state index contributed by atoms with van der Waals surface area (Å²) in [5.41, 5.74) is 5.86. The van der Waals surface area contributed by atoms with E-state index in [1.807, 2.05) is 25.7 Å². The van der Waals surface area contributed by atoms with Crippen LogP contribution < -0.4 is 11.1 Å². The first-order valence-corrected chi connectivity index (χ1v) is 7.05. The van der Waals surface area contributed by atoms with Crippen LogP contribution in [0.15, 0.2) is 0 Å². The molecule has 0 aromatic carbocycles. The van der Waals surface area contributed by atoms with Crippen molar-refractivity contribution in [2.45, 2.75) is 59.0 Å². The summed E-state index contributed by atoms with van der Waals surface area (Å²) in [6, 6.07) is -0.667. The van der Waals surface area contributed by atoms with Gasteiger partial charge in [-0.3, -0.25) is 9.59 Å². The number of amides is 2. The van der Waals surface area contributed by atoms with Crippen LogP contribution in [0.4, 0.5) is 0 Å². The van der Waals surface area contributed by atoms with Gasteiger partial charge in [-0.1, -0.05) is 20.8 Å². The number of hydrogen-bond donors (Lipinski definition) is 2. The van der Waals surface area contributed by atoms with Crippen molar-refractivity contribution in [1.82, 2.24) is 10.2 Å².